The molecule has 8 heteroatoms. The molecular formula is C21H32N4O3S. The van der Waals surface area contributed by atoms with Crippen molar-refractivity contribution in [3.05, 3.63) is 16.5 Å². The first-order valence-corrected chi connectivity index (χ1v) is 11.1. The van der Waals surface area contributed by atoms with Gasteiger partial charge in [0.25, 0.3) is 5.91 Å². The van der Waals surface area contributed by atoms with Crippen LogP contribution in [-0.2, 0) is 9.59 Å². The Labute approximate surface area is 176 Å². The Morgan fingerprint density at radius 1 is 1.14 bits per heavy atom. The normalized spacial score (nSPS) is 19.0. The molecule has 2 N–H and O–H groups in total. The number of anilines is 1. The van der Waals surface area contributed by atoms with Crippen LogP contribution >= 0.6 is 11.3 Å². The van der Waals surface area contributed by atoms with Gasteiger partial charge in [0.1, 0.15) is 0 Å². The third kappa shape index (κ3) is 5.36. The van der Waals surface area contributed by atoms with Crippen LogP contribution in [0, 0.1) is 12.3 Å². The summed E-state index contributed by atoms with van der Waals surface area (Å²) in [5, 5.41) is 6.67. The van der Waals surface area contributed by atoms with E-state index >= 15 is 0 Å². The van der Waals surface area contributed by atoms with Crippen LogP contribution < -0.4 is 10.6 Å². The van der Waals surface area contributed by atoms with Crippen LogP contribution in [0.4, 0.5) is 5.00 Å². The Balaban J connectivity index is 1.56. The second kappa shape index (κ2) is 8.44. The van der Waals surface area contributed by atoms with Crippen molar-refractivity contribution < 1.29 is 14.4 Å². The lowest BCUT2D eigenvalue weighted by Gasteiger charge is -2.37. The molecule has 2 heterocycles. The summed E-state index contributed by atoms with van der Waals surface area (Å²) in [4.78, 5) is 42.1. The first-order valence-electron chi connectivity index (χ1n) is 10.3. The number of hydrogen-bond donors (Lipinski definition) is 2. The minimum absolute atomic E-state index is 0.00140. The number of aryl methyl sites for hydroxylation is 1. The molecule has 1 atom stereocenters. The number of rotatable bonds is 5. The van der Waals surface area contributed by atoms with Crippen LogP contribution in [0.25, 0.3) is 0 Å². The molecule has 0 bridgehead atoms. The minimum Gasteiger partial charge on any atom is -0.352 e. The predicted octanol–water partition coefficient (Wildman–Crippen LogP) is 2.47. The van der Waals surface area contributed by atoms with Gasteiger partial charge in [-0.3, -0.25) is 19.3 Å². The Kier molecular flexibility index (Phi) is 6.33. The second-order valence-electron chi connectivity index (χ2n) is 9.11. The average molecular weight is 421 g/mol. The zero-order chi connectivity index (χ0) is 21.3. The van der Waals surface area contributed by atoms with Crippen molar-refractivity contribution in [2.45, 2.75) is 59.5 Å². The maximum Gasteiger partial charge on any atom is 0.264 e. The van der Waals surface area contributed by atoms with Gasteiger partial charge in [-0.15, -0.1) is 11.3 Å². The average Bonchev–Trinajstić information content (AvgIpc) is 3.40. The van der Waals surface area contributed by atoms with Crippen molar-refractivity contribution in [1.29, 1.82) is 0 Å². The fraction of sp³-hybridized carbons (Fsp3) is 0.667. The van der Waals surface area contributed by atoms with E-state index in [2.05, 4.69) is 15.5 Å². The summed E-state index contributed by atoms with van der Waals surface area (Å²) >= 11 is 1.33. The SMILES string of the molecule is Cc1cc(NC(=O)C(C)(C)C)sc1C(=O)N1CCN(C(C)C(=O)NC2CC2)CC1. The van der Waals surface area contributed by atoms with Crippen LogP contribution in [0.1, 0.15) is 55.8 Å². The van der Waals surface area contributed by atoms with Gasteiger partial charge in [-0.25, -0.2) is 0 Å². The van der Waals surface area contributed by atoms with Gasteiger partial charge in [0.05, 0.1) is 15.9 Å². The van der Waals surface area contributed by atoms with Gasteiger partial charge in [0.2, 0.25) is 11.8 Å². The number of carbonyl (C=O) groups excluding carboxylic acids is 3. The Hall–Kier alpha value is -1.93. The Morgan fingerprint density at radius 2 is 1.76 bits per heavy atom. The third-order valence-corrected chi connectivity index (χ3v) is 6.62. The van der Waals surface area contributed by atoms with Gasteiger partial charge >= 0.3 is 0 Å². The number of nitrogens with one attached hydrogen (secondary N) is 2. The van der Waals surface area contributed by atoms with E-state index in [1.165, 1.54) is 11.3 Å². The van der Waals surface area contributed by atoms with Crippen LogP contribution in [0.2, 0.25) is 0 Å². The topological polar surface area (TPSA) is 81.8 Å². The second-order valence-corrected chi connectivity index (χ2v) is 10.2. The van der Waals surface area contributed by atoms with E-state index in [1.54, 1.807) is 0 Å². The molecule has 160 valence electrons. The van der Waals surface area contributed by atoms with Crippen molar-refractivity contribution in [2.24, 2.45) is 5.41 Å². The van der Waals surface area contributed by atoms with Crippen molar-refractivity contribution in [1.82, 2.24) is 15.1 Å². The predicted molar refractivity (Wildman–Crippen MR) is 115 cm³/mol. The summed E-state index contributed by atoms with van der Waals surface area (Å²) in [6.45, 7) is 12.0. The number of piperazine rings is 1. The fourth-order valence-corrected chi connectivity index (χ4v) is 4.26. The maximum absolute atomic E-state index is 13.0. The molecule has 1 saturated heterocycles. The van der Waals surface area contributed by atoms with Crippen LogP contribution in [-0.4, -0.2) is 65.8 Å². The number of carbonyl (C=O) groups is 3. The van der Waals surface area contributed by atoms with Gasteiger partial charge in [-0.1, -0.05) is 20.8 Å². The summed E-state index contributed by atoms with van der Waals surface area (Å²) < 4.78 is 0. The summed E-state index contributed by atoms with van der Waals surface area (Å²) in [6.07, 6.45) is 2.16. The molecule has 7 nitrogen and oxygen atoms in total. The lowest BCUT2D eigenvalue weighted by atomic mass is 9.96. The van der Waals surface area contributed by atoms with Gasteiger partial charge in [-0.05, 0) is 38.3 Å². The van der Waals surface area contributed by atoms with Crippen molar-refractivity contribution in [3.63, 3.8) is 0 Å². The first kappa shape index (κ1) is 21.8. The molecule has 0 aromatic carbocycles. The highest BCUT2D eigenvalue weighted by Gasteiger charge is 2.32. The highest BCUT2D eigenvalue weighted by atomic mass is 32.1. The van der Waals surface area contributed by atoms with E-state index in [9.17, 15) is 14.4 Å². The molecule has 1 aromatic rings. The molecule has 1 unspecified atom stereocenters. The molecule has 29 heavy (non-hydrogen) atoms. The first-order chi connectivity index (χ1) is 13.6. The molecule has 3 amide bonds. The van der Waals surface area contributed by atoms with Gasteiger partial charge < -0.3 is 15.5 Å². The molecule has 0 spiro atoms. The zero-order valence-corrected chi connectivity index (χ0v) is 18.8. The molecule has 1 saturated carbocycles. The molecule has 1 aliphatic heterocycles. The van der Waals surface area contributed by atoms with Crippen LogP contribution in [0.15, 0.2) is 6.07 Å². The Morgan fingerprint density at radius 3 is 2.31 bits per heavy atom. The summed E-state index contributed by atoms with van der Waals surface area (Å²) in [6, 6.07) is 2.06. The number of amides is 3. The van der Waals surface area contributed by atoms with E-state index in [1.807, 2.05) is 45.6 Å². The van der Waals surface area contributed by atoms with E-state index in [-0.39, 0.29) is 23.8 Å². The molecule has 1 aliphatic carbocycles. The van der Waals surface area contributed by atoms with E-state index < -0.39 is 5.41 Å². The third-order valence-electron chi connectivity index (χ3n) is 5.48. The number of nitrogens with zero attached hydrogens (tertiary/aromatic N) is 2. The zero-order valence-electron chi connectivity index (χ0n) is 18.0. The molecule has 1 aromatic heterocycles. The maximum atomic E-state index is 13.0. The van der Waals surface area contributed by atoms with Crippen LogP contribution in [0.5, 0.6) is 0 Å². The van der Waals surface area contributed by atoms with E-state index in [0.29, 0.717) is 42.1 Å². The summed E-state index contributed by atoms with van der Waals surface area (Å²) in [5.41, 5.74) is 0.393. The highest BCUT2D eigenvalue weighted by Crippen LogP contribution is 2.30. The minimum atomic E-state index is -0.485. The highest BCUT2D eigenvalue weighted by molar-refractivity contribution is 7.18. The van der Waals surface area contributed by atoms with E-state index in [4.69, 9.17) is 0 Å². The largest absolute Gasteiger partial charge is 0.352 e. The molecule has 2 aliphatic rings. The molecule has 3 rings (SSSR count). The smallest absolute Gasteiger partial charge is 0.264 e. The van der Waals surface area contributed by atoms with Crippen molar-refractivity contribution >= 4 is 34.1 Å². The van der Waals surface area contributed by atoms with E-state index in [0.717, 1.165) is 18.4 Å². The Bertz CT molecular complexity index is 786. The number of thiophene rings is 1. The van der Waals surface area contributed by atoms with Crippen molar-refractivity contribution in [3.8, 4) is 0 Å². The molecule has 0 radical (unpaired) electrons. The monoisotopic (exact) mass is 420 g/mol. The lowest BCUT2D eigenvalue weighted by molar-refractivity contribution is -0.126. The van der Waals surface area contributed by atoms with Gasteiger partial charge in [-0.2, -0.15) is 0 Å². The molecule has 2 fully saturated rings. The van der Waals surface area contributed by atoms with Crippen LogP contribution in [0.3, 0.4) is 0 Å². The molecular weight excluding hydrogens is 388 g/mol. The van der Waals surface area contributed by atoms with Gasteiger partial charge in [0.15, 0.2) is 0 Å². The standard InChI is InChI=1S/C21H32N4O3S/c1-13-12-16(23-20(28)21(3,4)5)29-17(13)19(27)25-10-8-24(9-11-25)14(2)18(26)22-15-6-7-15/h12,14-15H,6-11H2,1-5H3,(H,22,26)(H,23,28). The fourth-order valence-electron chi connectivity index (χ4n) is 3.23. The number of hydrogen-bond acceptors (Lipinski definition) is 5. The summed E-state index contributed by atoms with van der Waals surface area (Å²) in [5.74, 6) is 0.0175. The summed E-state index contributed by atoms with van der Waals surface area (Å²) in [7, 11) is 0. The van der Waals surface area contributed by atoms with Gasteiger partial charge in [0, 0.05) is 37.6 Å². The quantitative estimate of drug-likeness (QED) is 0.767. The van der Waals surface area contributed by atoms with Crippen molar-refractivity contribution in [2.75, 3.05) is 31.5 Å². The lowest BCUT2D eigenvalue weighted by Crippen LogP contribution is -2.55.